The molecule has 0 unspecified atom stereocenters. The maximum Gasteiger partial charge on any atom is 0.419 e. The second-order valence-corrected chi connectivity index (χ2v) is 5.53. The molecule has 0 bridgehead atoms. The molecule has 104 valence electrons. The van der Waals surface area contributed by atoms with E-state index in [2.05, 4.69) is 0 Å². The van der Waals surface area contributed by atoms with Crippen LogP contribution in [0, 0.1) is 25.2 Å². The lowest BCUT2D eigenvalue weighted by atomic mass is 10.00. The average Bonchev–Trinajstić information content (AvgIpc) is 2.68. The first kappa shape index (κ1) is 14.4. The number of rotatable bonds is 1. The molecule has 0 saturated heterocycles. The molecule has 0 radical (unpaired) electrons. The Morgan fingerprint density at radius 3 is 2.45 bits per heavy atom. The standard InChI is InChI=1S/C14H11F3N2S/c1-7-3-4-8(2)9(5-7)12-11(14(15,16)17)10(6-18)13(19)20-12/h3-5H,19H2,1-2H3. The molecule has 0 spiro atoms. The summed E-state index contributed by atoms with van der Waals surface area (Å²) < 4.78 is 39.7. The first-order valence-electron chi connectivity index (χ1n) is 5.73. The summed E-state index contributed by atoms with van der Waals surface area (Å²) in [7, 11) is 0. The highest BCUT2D eigenvalue weighted by Gasteiger charge is 2.40. The Morgan fingerprint density at radius 2 is 1.90 bits per heavy atom. The lowest BCUT2D eigenvalue weighted by Crippen LogP contribution is -2.08. The van der Waals surface area contributed by atoms with E-state index < -0.39 is 17.3 Å². The third kappa shape index (κ3) is 2.37. The van der Waals surface area contributed by atoms with Crippen LogP contribution in [0.1, 0.15) is 22.3 Å². The van der Waals surface area contributed by atoms with Crippen molar-refractivity contribution in [2.75, 3.05) is 5.73 Å². The van der Waals surface area contributed by atoms with E-state index in [4.69, 9.17) is 11.0 Å². The number of aryl methyl sites for hydroxylation is 2. The van der Waals surface area contributed by atoms with Crippen LogP contribution in [0.15, 0.2) is 18.2 Å². The minimum absolute atomic E-state index is 0.00718. The van der Waals surface area contributed by atoms with Crippen molar-refractivity contribution < 1.29 is 13.2 Å². The van der Waals surface area contributed by atoms with Gasteiger partial charge in [-0.3, -0.25) is 0 Å². The molecule has 0 aliphatic heterocycles. The predicted octanol–water partition coefficient (Wildman–Crippen LogP) is 4.50. The molecule has 6 heteroatoms. The van der Waals surface area contributed by atoms with Gasteiger partial charge in [-0.05, 0) is 25.0 Å². The van der Waals surface area contributed by atoms with Crippen LogP contribution in [0.25, 0.3) is 10.4 Å². The van der Waals surface area contributed by atoms with E-state index in [1.54, 1.807) is 32.0 Å². The number of hydrogen-bond donors (Lipinski definition) is 1. The van der Waals surface area contributed by atoms with E-state index in [1.807, 2.05) is 6.07 Å². The first-order chi connectivity index (χ1) is 9.25. The zero-order valence-electron chi connectivity index (χ0n) is 10.8. The number of benzene rings is 1. The van der Waals surface area contributed by atoms with Gasteiger partial charge in [0.1, 0.15) is 11.1 Å². The van der Waals surface area contributed by atoms with Crippen molar-refractivity contribution in [3.63, 3.8) is 0 Å². The van der Waals surface area contributed by atoms with Gasteiger partial charge in [0.05, 0.1) is 16.0 Å². The van der Waals surface area contributed by atoms with Crippen LogP contribution in [-0.2, 0) is 6.18 Å². The lowest BCUT2D eigenvalue weighted by molar-refractivity contribution is -0.136. The van der Waals surface area contributed by atoms with Crippen LogP contribution in [0.4, 0.5) is 18.2 Å². The largest absolute Gasteiger partial charge is 0.419 e. The van der Waals surface area contributed by atoms with Crippen molar-refractivity contribution in [2.45, 2.75) is 20.0 Å². The van der Waals surface area contributed by atoms with Gasteiger partial charge >= 0.3 is 6.18 Å². The van der Waals surface area contributed by atoms with Crippen molar-refractivity contribution >= 4 is 16.3 Å². The van der Waals surface area contributed by atoms with Crippen LogP contribution in [-0.4, -0.2) is 0 Å². The fourth-order valence-electron chi connectivity index (χ4n) is 2.00. The van der Waals surface area contributed by atoms with E-state index in [-0.39, 0.29) is 9.88 Å². The highest BCUT2D eigenvalue weighted by Crippen LogP contribution is 2.47. The van der Waals surface area contributed by atoms with E-state index in [9.17, 15) is 13.2 Å². The zero-order chi connectivity index (χ0) is 15.1. The van der Waals surface area contributed by atoms with E-state index >= 15 is 0 Å². The summed E-state index contributed by atoms with van der Waals surface area (Å²) in [6.45, 7) is 3.54. The van der Waals surface area contributed by atoms with Crippen molar-refractivity contribution in [1.82, 2.24) is 0 Å². The molecule has 0 saturated carbocycles. The van der Waals surface area contributed by atoms with E-state index in [1.165, 1.54) is 0 Å². The molecule has 0 aliphatic carbocycles. The van der Waals surface area contributed by atoms with E-state index in [0.29, 0.717) is 11.1 Å². The Balaban J connectivity index is 2.82. The van der Waals surface area contributed by atoms with Gasteiger partial charge < -0.3 is 5.73 Å². The van der Waals surface area contributed by atoms with Gasteiger partial charge in [-0.2, -0.15) is 18.4 Å². The second kappa shape index (κ2) is 4.84. The number of alkyl halides is 3. The van der Waals surface area contributed by atoms with Crippen LogP contribution in [0.3, 0.4) is 0 Å². The minimum atomic E-state index is -4.61. The molecule has 0 aliphatic rings. The average molecular weight is 296 g/mol. The molecule has 1 aromatic heterocycles. The topological polar surface area (TPSA) is 49.8 Å². The smallest absolute Gasteiger partial charge is 0.389 e. The molecule has 1 heterocycles. The predicted molar refractivity (Wildman–Crippen MR) is 73.4 cm³/mol. The number of nitriles is 1. The molecule has 2 nitrogen and oxygen atoms in total. The number of anilines is 1. The Hall–Kier alpha value is -2.00. The number of thiophene rings is 1. The summed E-state index contributed by atoms with van der Waals surface area (Å²) in [6.07, 6.45) is -4.61. The molecule has 0 fully saturated rings. The number of nitrogens with zero attached hydrogens (tertiary/aromatic N) is 1. The molecule has 2 N–H and O–H groups in total. The summed E-state index contributed by atoms with van der Waals surface area (Å²) in [5, 5.41) is 8.82. The van der Waals surface area contributed by atoms with Crippen LogP contribution in [0.2, 0.25) is 0 Å². The van der Waals surface area contributed by atoms with Crippen molar-refractivity contribution in [1.29, 1.82) is 5.26 Å². The Kier molecular flexibility index (Phi) is 3.48. The van der Waals surface area contributed by atoms with Gasteiger partial charge in [-0.1, -0.05) is 23.8 Å². The zero-order valence-corrected chi connectivity index (χ0v) is 11.6. The summed E-state index contributed by atoms with van der Waals surface area (Å²) in [6, 6.07) is 6.82. The van der Waals surface area contributed by atoms with Crippen LogP contribution in [0.5, 0.6) is 0 Å². The van der Waals surface area contributed by atoms with E-state index in [0.717, 1.165) is 16.9 Å². The lowest BCUT2D eigenvalue weighted by Gasteiger charge is -2.11. The highest BCUT2D eigenvalue weighted by molar-refractivity contribution is 7.19. The molecular formula is C14H11F3N2S. The van der Waals surface area contributed by atoms with Gasteiger partial charge in [-0.25, -0.2) is 0 Å². The number of halogens is 3. The third-order valence-corrected chi connectivity index (χ3v) is 4.02. The molecule has 0 amide bonds. The molecule has 1 aromatic carbocycles. The maximum absolute atomic E-state index is 13.2. The second-order valence-electron chi connectivity index (χ2n) is 4.47. The molecule has 2 rings (SSSR count). The molecular weight excluding hydrogens is 285 g/mol. The minimum Gasteiger partial charge on any atom is -0.389 e. The summed E-state index contributed by atoms with van der Waals surface area (Å²) in [4.78, 5) is 0.00718. The number of hydrogen-bond acceptors (Lipinski definition) is 3. The normalized spacial score (nSPS) is 11.4. The van der Waals surface area contributed by atoms with Gasteiger partial charge in [0.15, 0.2) is 0 Å². The summed E-state index contributed by atoms with van der Waals surface area (Å²) >= 11 is 0.804. The van der Waals surface area contributed by atoms with Crippen molar-refractivity contribution in [3.8, 4) is 16.5 Å². The summed E-state index contributed by atoms with van der Waals surface area (Å²) in [5.74, 6) is 0. The molecule has 2 aromatic rings. The van der Waals surface area contributed by atoms with Gasteiger partial charge in [-0.15, -0.1) is 11.3 Å². The number of nitrogens with two attached hydrogens (primary N) is 1. The van der Waals surface area contributed by atoms with Crippen LogP contribution >= 0.6 is 11.3 Å². The van der Waals surface area contributed by atoms with Crippen molar-refractivity contribution in [3.05, 3.63) is 40.5 Å². The Bertz CT molecular complexity index is 708. The quantitative estimate of drug-likeness (QED) is 0.842. The van der Waals surface area contributed by atoms with Gasteiger partial charge in [0.25, 0.3) is 0 Å². The Labute approximate surface area is 118 Å². The van der Waals surface area contributed by atoms with Gasteiger partial charge in [0.2, 0.25) is 0 Å². The van der Waals surface area contributed by atoms with Crippen LogP contribution < -0.4 is 5.73 Å². The monoisotopic (exact) mass is 296 g/mol. The van der Waals surface area contributed by atoms with Gasteiger partial charge in [0, 0.05) is 0 Å². The molecule has 20 heavy (non-hydrogen) atoms. The fraction of sp³-hybridized carbons (Fsp3) is 0.214. The number of nitrogen functional groups attached to an aromatic ring is 1. The first-order valence-corrected chi connectivity index (χ1v) is 6.54. The SMILES string of the molecule is Cc1ccc(C)c(-c2sc(N)c(C#N)c2C(F)(F)F)c1. The molecule has 0 atom stereocenters. The third-order valence-electron chi connectivity index (χ3n) is 2.97. The Morgan fingerprint density at radius 1 is 1.25 bits per heavy atom. The fourth-order valence-corrected chi connectivity index (χ4v) is 3.12. The summed E-state index contributed by atoms with van der Waals surface area (Å²) in [5.41, 5.74) is 6.18. The maximum atomic E-state index is 13.2. The van der Waals surface area contributed by atoms with Crippen molar-refractivity contribution in [2.24, 2.45) is 0 Å². The highest BCUT2D eigenvalue weighted by atomic mass is 32.1.